The third-order valence-electron chi connectivity index (χ3n) is 1.83. The van der Waals surface area contributed by atoms with Crippen molar-refractivity contribution in [1.82, 2.24) is 0 Å². The molecule has 0 aliphatic heterocycles. The Balaban J connectivity index is -0.000000980. The summed E-state index contributed by atoms with van der Waals surface area (Å²) in [6.07, 6.45) is 0. The van der Waals surface area contributed by atoms with Gasteiger partial charge in [0, 0.05) is 10.8 Å². The molecular weight excluding hydrogens is 254 g/mol. The van der Waals surface area contributed by atoms with Crippen molar-refractivity contribution < 1.29 is 71.9 Å². The van der Waals surface area contributed by atoms with Crippen LogP contribution in [0.4, 0.5) is 0 Å². The number of hydrogen-bond donors (Lipinski definition) is 1. The maximum atomic E-state index is 11.8. The van der Waals surface area contributed by atoms with Crippen LogP contribution < -0.4 is 51.4 Å². The van der Waals surface area contributed by atoms with Gasteiger partial charge in [0.2, 0.25) is 11.0 Å². The van der Waals surface area contributed by atoms with Gasteiger partial charge in [-0.05, 0) is 0 Å². The molecule has 0 saturated carbocycles. The summed E-state index contributed by atoms with van der Waals surface area (Å²) >= 11 is 0. The first-order valence-corrected chi connectivity index (χ1v) is 6.40. The van der Waals surface area contributed by atoms with E-state index in [2.05, 4.69) is 0 Å². The number of carbonyl (C=O) groups excluding carboxylic acids is 2. The van der Waals surface area contributed by atoms with E-state index in [1.165, 1.54) is 41.5 Å². The van der Waals surface area contributed by atoms with E-state index in [1.54, 1.807) is 0 Å². The minimum Gasteiger partial charge on any atom is -1.00 e. The SMILES string of the molecule is CC(C)(C)C(=O)P(=O)(O)C(=O)C(C)(C)C.[H-].[K+]. The van der Waals surface area contributed by atoms with Crippen molar-refractivity contribution in [3.05, 3.63) is 0 Å². The summed E-state index contributed by atoms with van der Waals surface area (Å²) in [6.45, 7) is 9.13. The Hall–Kier alpha value is 1.17. The molecule has 0 heterocycles. The van der Waals surface area contributed by atoms with Gasteiger partial charge in [0.1, 0.15) is 0 Å². The molecule has 6 heteroatoms. The molecule has 0 aliphatic carbocycles. The van der Waals surface area contributed by atoms with Gasteiger partial charge >= 0.3 is 58.8 Å². The summed E-state index contributed by atoms with van der Waals surface area (Å²) < 4.78 is 11.8. The van der Waals surface area contributed by atoms with E-state index >= 15 is 0 Å². The molecule has 0 fully saturated rings. The van der Waals surface area contributed by atoms with Gasteiger partial charge in [-0.1, -0.05) is 41.5 Å². The van der Waals surface area contributed by atoms with Gasteiger partial charge in [-0.25, -0.2) is 0 Å². The molecule has 16 heavy (non-hydrogen) atoms. The molecule has 0 aromatic heterocycles. The van der Waals surface area contributed by atoms with Crippen molar-refractivity contribution >= 4 is 18.4 Å². The zero-order valence-corrected chi connectivity index (χ0v) is 15.1. The van der Waals surface area contributed by atoms with Crippen LogP contribution >= 0.6 is 7.37 Å². The Morgan fingerprint density at radius 3 is 1.25 bits per heavy atom. The van der Waals surface area contributed by atoms with Gasteiger partial charge in [-0.15, -0.1) is 0 Å². The molecule has 0 radical (unpaired) electrons. The van der Waals surface area contributed by atoms with Gasteiger partial charge in [0.15, 0.2) is 0 Å². The van der Waals surface area contributed by atoms with Gasteiger partial charge in [0.25, 0.3) is 0 Å². The standard InChI is InChI=1S/C10H19O4P.K.H/c1-9(2,3)7(11)15(13,14)8(12)10(4,5)6;;/h1-6H3,(H,13,14);;/q;+1;-1. The van der Waals surface area contributed by atoms with Gasteiger partial charge < -0.3 is 6.32 Å². The summed E-state index contributed by atoms with van der Waals surface area (Å²) in [7, 11) is -4.40. The van der Waals surface area contributed by atoms with Crippen LogP contribution in [0.25, 0.3) is 0 Å². The van der Waals surface area contributed by atoms with Crippen molar-refractivity contribution in [3.8, 4) is 0 Å². The Morgan fingerprint density at radius 1 is 0.938 bits per heavy atom. The fourth-order valence-electron chi connectivity index (χ4n) is 1.00. The van der Waals surface area contributed by atoms with Crippen LogP contribution in [-0.4, -0.2) is 15.9 Å². The van der Waals surface area contributed by atoms with E-state index in [9.17, 15) is 19.0 Å². The molecule has 0 aromatic rings. The average Bonchev–Trinajstić information content (AvgIpc) is 1.98. The summed E-state index contributed by atoms with van der Waals surface area (Å²) in [5.74, 6) is 0. The van der Waals surface area contributed by atoms with Crippen molar-refractivity contribution in [1.29, 1.82) is 0 Å². The summed E-state index contributed by atoms with van der Waals surface area (Å²) in [5.41, 5.74) is -3.72. The van der Waals surface area contributed by atoms with Crippen LogP contribution in [0.15, 0.2) is 0 Å². The molecule has 0 atom stereocenters. The second kappa shape index (κ2) is 5.87. The Kier molecular flexibility index (Phi) is 7.16. The van der Waals surface area contributed by atoms with Crippen molar-refractivity contribution in [2.75, 3.05) is 0 Å². The van der Waals surface area contributed by atoms with Crippen molar-refractivity contribution in [2.24, 2.45) is 10.8 Å². The summed E-state index contributed by atoms with van der Waals surface area (Å²) in [6, 6.07) is 0. The van der Waals surface area contributed by atoms with Crippen LogP contribution in [0, 0.1) is 10.8 Å². The molecule has 0 saturated heterocycles. The molecule has 0 aliphatic rings. The minimum atomic E-state index is -4.40. The fourth-order valence-corrected chi connectivity index (χ4v) is 3.00. The monoisotopic (exact) mass is 274 g/mol. The molecule has 90 valence electrons. The third-order valence-corrected chi connectivity index (χ3v) is 4.28. The molecule has 0 amide bonds. The molecule has 4 nitrogen and oxygen atoms in total. The zero-order chi connectivity index (χ0) is 12.7. The normalized spacial score (nSPS) is 12.9. The Bertz CT molecular complexity index is 311. The van der Waals surface area contributed by atoms with Crippen LogP contribution in [-0.2, 0) is 14.2 Å². The van der Waals surface area contributed by atoms with Crippen molar-refractivity contribution in [3.63, 3.8) is 0 Å². The Labute approximate surface area is 141 Å². The zero-order valence-electron chi connectivity index (χ0n) is 12.1. The van der Waals surface area contributed by atoms with Crippen molar-refractivity contribution in [2.45, 2.75) is 41.5 Å². The predicted molar refractivity (Wildman–Crippen MR) is 59.9 cm³/mol. The van der Waals surface area contributed by atoms with E-state index in [-0.39, 0.29) is 52.8 Å². The molecule has 0 bridgehead atoms. The molecule has 0 aromatic carbocycles. The van der Waals surface area contributed by atoms with Gasteiger partial charge in [-0.3, -0.25) is 14.2 Å². The van der Waals surface area contributed by atoms with Gasteiger partial charge in [-0.2, -0.15) is 0 Å². The first kappa shape index (κ1) is 19.5. The summed E-state index contributed by atoms with van der Waals surface area (Å²) in [4.78, 5) is 32.9. The molecule has 0 rings (SSSR count). The number of hydrogen-bond acceptors (Lipinski definition) is 3. The molecule has 0 unspecified atom stereocenters. The average molecular weight is 274 g/mol. The van der Waals surface area contributed by atoms with Crippen LogP contribution in [0.5, 0.6) is 0 Å². The summed E-state index contributed by atoms with van der Waals surface area (Å²) in [5, 5.41) is 0. The topological polar surface area (TPSA) is 71.4 Å². The maximum absolute atomic E-state index is 11.8. The van der Waals surface area contributed by atoms with Crippen LogP contribution in [0.2, 0.25) is 0 Å². The Morgan fingerprint density at radius 2 is 1.12 bits per heavy atom. The van der Waals surface area contributed by atoms with Gasteiger partial charge in [0.05, 0.1) is 0 Å². The van der Waals surface area contributed by atoms with E-state index in [4.69, 9.17) is 0 Å². The quantitative estimate of drug-likeness (QED) is 0.545. The largest absolute Gasteiger partial charge is 1.00 e. The number of carbonyl (C=O) groups is 2. The second-order valence-electron chi connectivity index (χ2n) is 5.69. The smallest absolute Gasteiger partial charge is 1.00 e. The first-order valence-electron chi connectivity index (χ1n) is 4.74. The molecule has 0 spiro atoms. The van der Waals surface area contributed by atoms with Crippen LogP contribution in [0.1, 0.15) is 43.0 Å². The second-order valence-corrected chi connectivity index (χ2v) is 7.65. The van der Waals surface area contributed by atoms with Crippen LogP contribution in [0.3, 0.4) is 0 Å². The van der Waals surface area contributed by atoms with E-state index in [0.717, 1.165) is 0 Å². The minimum absolute atomic E-state index is 0. The maximum Gasteiger partial charge on any atom is 1.00 e. The van der Waals surface area contributed by atoms with E-state index in [1.807, 2.05) is 0 Å². The molecule has 1 N–H and O–H groups in total. The fraction of sp³-hybridized carbons (Fsp3) is 0.800. The number of rotatable bonds is 2. The third kappa shape index (κ3) is 4.81. The predicted octanol–water partition coefficient (Wildman–Crippen LogP) is -0.481. The molecular formula is C10H20KO4P. The first-order chi connectivity index (χ1) is 6.31. The van der Waals surface area contributed by atoms with E-state index in [0.29, 0.717) is 0 Å². The van der Waals surface area contributed by atoms with E-state index < -0.39 is 29.2 Å².